The highest BCUT2D eigenvalue weighted by atomic mass is 32.2. The molecule has 1 saturated heterocycles. The first-order valence-corrected chi connectivity index (χ1v) is 8.10. The molecule has 1 fully saturated rings. The Hall–Kier alpha value is -1.41. The Labute approximate surface area is 118 Å². The lowest BCUT2D eigenvalue weighted by molar-refractivity contribution is 0.0691. The molecule has 1 aliphatic rings. The van der Waals surface area contributed by atoms with Crippen molar-refractivity contribution in [1.29, 1.82) is 0 Å². The molecule has 8 heteroatoms. The molecule has 20 heavy (non-hydrogen) atoms. The smallest absolute Gasteiger partial charge is 0.340 e. The first-order valence-electron chi connectivity index (χ1n) is 6.66. The molecular weight excluding hydrogens is 282 g/mol. The molecule has 1 unspecified atom stereocenters. The average Bonchev–Trinajstić information content (AvgIpc) is 2.96. The lowest BCUT2D eigenvalue weighted by Gasteiger charge is -2.15. The summed E-state index contributed by atoms with van der Waals surface area (Å²) in [6.07, 6.45) is 2.82. The van der Waals surface area contributed by atoms with Crippen LogP contribution in [0.1, 0.15) is 42.2 Å². The van der Waals surface area contributed by atoms with Crippen LogP contribution in [-0.2, 0) is 10.0 Å². The van der Waals surface area contributed by atoms with Crippen molar-refractivity contribution in [2.24, 2.45) is 5.92 Å². The number of nitrogens with one attached hydrogen (secondary N) is 1. The van der Waals surface area contributed by atoms with Crippen molar-refractivity contribution in [2.75, 3.05) is 13.1 Å². The van der Waals surface area contributed by atoms with Crippen LogP contribution in [0.2, 0.25) is 0 Å². The van der Waals surface area contributed by atoms with Crippen molar-refractivity contribution in [3.63, 3.8) is 0 Å². The topological polar surface area (TPSA) is 103 Å². The minimum atomic E-state index is -3.83. The number of carbonyl (C=O) groups is 1. The summed E-state index contributed by atoms with van der Waals surface area (Å²) in [5.74, 6) is -0.928. The van der Waals surface area contributed by atoms with E-state index in [9.17, 15) is 13.2 Å². The van der Waals surface area contributed by atoms with Gasteiger partial charge in [-0.15, -0.1) is 0 Å². The largest absolute Gasteiger partial charge is 0.478 e. The molecule has 0 aromatic carbocycles. The number of rotatable bonds is 5. The van der Waals surface area contributed by atoms with E-state index in [0.717, 1.165) is 19.3 Å². The van der Waals surface area contributed by atoms with Gasteiger partial charge in [-0.25, -0.2) is 13.2 Å². The van der Waals surface area contributed by atoms with Crippen LogP contribution >= 0.6 is 0 Å². The molecule has 7 nitrogen and oxygen atoms in total. The first-order chi connectivity index (χ1) is 9.37. The number of aromatic nitrogens is 2. The summed E-state index contributed by atoms with van der Waals surface area (Å²) in [4.78, 5) is 11.2. The van der Waals surface area contributed by atoms with Gasteiger partial charge in [-0.3, -0.25) is 5.10 Å². The minimum Gasteiger partial charge on any atom is -0.478 e. The molecule has 2 N–H and O–H groups in total. The number of aromatic carboxylic acids is 1. The summed E-state index contributed by atoms with van der Waals surface area (Å²) in [7, 11) is -3.83. The first kappa shape index (κ1) is 15.0. The predicted molar refractivity (Wildman–Crippen MR) is 72.1 cm³/mol. The van der Waals surface area contributed by atoms with Crippen molar-refractivity contribution in [1.82, 2.24) is 14.5 Å². The Bertz CT molecular complexity index is 608. The summed E-state index contributed by atoms with van der Waals surface area (Å²) in [6, 6.07) is 0. The standard InChI is InChI=1S/C12H19N3O4S/c1-3-4-9-5-6-15(7-9)20(18,19)11-10(12(16)17)8(2)13-14-11/h9H,3-7H2,1-2H3,(H,13,14)(H,16,17). The lowest BCUT2D eigenvalue weighted by Crippen LogP contribution is -2.30. The third-order valence-corrected chi connectivity index (χ3v) is 5.45. The van der Waals surface area contributed by atoms with E-state index >= 15 is 0 Å². The summed E-state index contributed by atoms with van der Waals surface area (Å²) >= 11 is 0. The molecule has 0 aliphatic carbocycles. The fraction of sp³-hybridized carbons (Fsp3) is 0.667. The van der Waals surface area contributed by atoms with Gasteiger partial charge in [0.25, 0.3) is 10.0 Å². The van der Waals surface area contributed by atoms with E-state index in [1.807, 2.05) is 0 Å². The monoisotopic (exact) mass is 301 g/mol. The molecule has 1 atom stereocenters. The van der Waals surface area contributed by atoms with E-state index in [1.165, 1.54) is 11.2 Å². The van der Waals surface area contributed by atoms with E-state index in [4.69, 9.17) is 5.11 Å². The highest BCUT2D eigenvalue weighted by molar-refractivity contribution is 7.89. The molecule has 112 valence electrons. The molecule has 0 bridgehead atoms. The van der Waals surface area contributed by atoms with Gasteiger partial charge >= 0.3 is 5.97 Å². The van der Waals surface area contributed by atoms with Crippen molar-refractivity contribution in [3.05, 3.63) is 11.3 Å². The number of aryl methyl sites for hydroxylation is 1. The lowest BCUT2D eigenvalue weighted by atomic mass is 10.0. The molecule has 0 amide bonds. The van der Waals surface area contributed by atoms with Gasteiger partial charge in [0.1, 0.15) is 5.56 Å². The Balaban J connectivity index is 2.30. The number of aromatic amines is 1. The highest BCUT2D eigenvalue weighted by Crippen LogP contribution is 2.28. The van der Waals surface area contributed by atoms with E-state index in [2.05, 4.69) is 17.1 Å². The maximum absolute atomic E-state index is 12.5. The van der Waals surface area contributed by atoms with E-state index in [0.29, 0.717) is 19.0 Å². The zero-order valence-corrected chi connectivity index (χ0v) is 12.4. The minimum absolute atomic E-state index is 0.250. The Kier molecular flexibility index (Phi) is 4.14. The van der Waals surface area contributed by atoms with Crippen LogP contribution < -0.4 is 0 Å². The number of sulfonamides is 1. The van der Waals surface area contributed by atoms with Gasteiger partial charge in [0.15, 0.2) is 0 Å². The molecule has 1 aromatic heterocycles. The van der Waals surface area contributed by atoms with Gasteiger partial charge in [-0.05, 0) is 25.7 Å². The Morgan fingerprint density at radius 2 is 2.25 bits per heavy atom. The average molecular weight is 301 g/mol. The number of nitrogens with zero attached hydrogens (tertiary/aromatic N) is 2. The van der Waals surface area contributed by atoms with Gasteiger partial charge in [0, 0.05) is 18.8 Å². The van der Waals surface area contributed by atoms with Crippen molar-refractivity contribution < 1.29 is 18.3 Å². The van der Waals surface area contributed by atoms with Crippen LogP contribution in [-0.4, -0.2) is 47.1 Å². The molecule has 2 rings (SSSR count). The number of H-pyrrole nitrogens is 1. The van der Waals surface area contributed by atoms with Gasteiger partial charge in [0.2, 0.25) is 5.03 Å². The third kappa shape index (κ3) is 2.57. The quantitative estimate of drug-likeness (QED) is 0.851. The van der Waals surface area contributed by atoms with Gasteiger partial charge < -0.3 is 5.11 Å². The SMILES string of the molecule is CCCC1CCN(S(=O)(=O)c2n[nH]c(C)c2C(=O)O)C1. The Morgan fingerprint density at radius 3 is 2.85 bits per heavy atom. The second-order valence-corrected chi connectivity index (χ2v) is 6.99. The van der Waals surface area contributed by atoms with Crippen LogP contribution in [0.4, 0.5) is 0 Å². The van der Waals surface area contributed by atoms with E-state index in [-0.39, 0.29) is 16.3 Å². The second kappa shape index (κ2) is 5.53. The van der Waals surface area contributed by atoms with Crippen LogP contribution in [0.25, 0.3) is 0 Å². The van der Waals surface area contributed by atoms with Gasteiger partial charge in [0.05, 0.1) is 0 Å². The van der Waals surface area contributed by atoms with Crippen molar-refractivity contribution in [2.45, 2.75) is 38.1 Å². The van der Waals surface area contributed by atoms with Crippen molar-refractivity contribution in [3.8, 4) is 0 Å². The summed E-state index contributed by atoms with van der Waals surface area (Å²) < 4.78 is 26.3. The summed E-state index contributed by atoms with van der Waals surface area (Å²) in [5, 5.41) is 14.9. The van der Waals surface area contributed by atoms with Crippen LogP contribution in [0.5, 0.6) is 0 Å². The number of carboxylic acid groups (broad SMARTS) is 1. The molecule has 0 saturated carbocycles. The maximum Gasteiger partial charge on any atom is 0.340 e. The number of hydrogen-bond acceptors (Lipinski definition) is 4. The predicted octanol–water partition coefficient (Wildman–Crippen LogP) is 1.23. The summed E-state index contributed by atoms with van der Waals surface area (Å²) in [6.45, 7) is 4.44. The van der Waals surface area contributed by atoms with Crippen LogP contribution in [0.15, 0.2) is 5.03 Å². The highest BCUT2D eigenvalue weighted by Gasteiger charge is 2.37. The number of carboxylic acids is 1. The molecule has 0 spiro atoms. The fourth-order valence-electron chi connectivity index (χ4n) is 2.63. The normalized spacial score (nSPS) is 20.4. The third-order valence-electron chi connectivity index (χ3n) is 3.66. The molecule has 1 aromatic rings. The van der Waals surface area contributed by atoms with Gasteiger partial charge in [-0.2, -0.15) is 9.40 Å². The zero-order valence-electron chi connectivity index (χ0n) is 11.6. The molecular formula is C12H19N3O4S. The zero-order chi connectivity index (χ0) is 14.9. The second-order valence-electron chi connectivity index (χ2n) is 5.14. The van der Waals surface area contributed by atoms with E-state index < -0.39 is 16.0 Å². The summed E-state index contributed by atoms with van der Waals surface area (Å²) in [5.41, 5.74) is -0.00989. The molecule has 0 radical (unpaired) electrons. The van der Waals surface area contributed by atoms with Crippen molar-refractivity contribution >= 4 is 16.0 Å². The maximum atomic E-state index is 12.5. The number of hydrogen-bond donors (Lipinski definition) is 2. The van der Waals surface area contributed by atoms with Gasteiger partial charge in [-0.1, -0.05) is 13.3 Å². The fourth-order valence-corrected chi connectivity index (χ4v) is 4.28. The molecule has 1 aliphatic heterocycles. The van der Waals surface area contributed by atoms with Crippen LogP contribution in [0, 0.1) is 12.8 Å². The molecule has 2 heterocycles. The Morgan fingerprint density at radius 1 is 1.55 bits per heavy atom. The van der Waals surface area contributed by atoms with E-state index in [1.54, 1.807) is 0 Å². The van der Waals surface area contributed by atoms with Crippen LogP contribution in [0.3, 0.4) is 0 Å².